The molecule has 4 aromatic rings. The Morgan fingerprint density at radius 1 is 0.300 bits per heavy atom. The van der Waals surface area contributed by atoms with Crippen LogP contribution in [0.5, 0.6) is 0 Å². The summed E-state index contributed by atoms with van der Waals surface area (Å²) in [4.78, 5) is 55.2. The van der Waals surface area contributed by atoms with Crippen LogP contribution in [0, 0.1) is 0 Å². The van der Waals surface area contributed by atoms with Crippen molar-refractivity contribution in [2.45, 2.75) is 51.4 Å². The van der Waals surface area contributed by atoms with Gasteiger partial charge in [0.1, 0.15) is 0 Å². The summed E-state index contributed by atoms with van der Waals surface area (Å²) in [6.45, 7) is 7.13. The highest BCUT2D eigenvalue weighted by Crippen LogP contribution is 2.37. The molecule has 4 N–H and O–H groups in total. The number of carbonyl (C=O) groups is 4. The van der Waals surface area contributed by atoms with Crippen LogP contribution in [0.25, 0.3) is 0 Å². The third kappa shape index (κ3) is 10.3. The van der Waals surface area contributed by atoms with E-state index < -0.39 is 0 Å². The van der Waals surface area contributed by atoms with Gasteiger partial charge < -0.3 is 40.2 Å². The van der Waals surface area contributed by atoms with Crippen molar-refractivity contribution >= 4 is 45.9 Å². The predicted molar refractivity (Wildman–Crippen MR) is 234 cm³/mol. The standard InChI is InChI=1S/C48H56N4O8/c53-45-33-13-5-17-37-41(33)47(55)43-35(45)15-7-19-39(43)51-23-11-31-59-27-3-4-28-60-32-12-24-52-40-20-8-16-36-44(40)48(56)42-34(46(36)54)14-6-18-38(42)50-22-10-30-58-26-2-1-25-57-29-9-21-49-37/h5-8,13-20,49-52H,1-4,9-12,21-32H2. The van der Waals surface area contributed by atoms with Gasteiger partial charge in [-0.1, -0.05) is 48.5 Å². The van der Waals surface area contributed by atoms with Crippen LogP contribution in [0.2, 0.25) is 0 Å². The Kier molecular flexibility index (Phi) is 15.5. The average Bonchev–Trinajstić information content (AvgIpc) is 3.26. The van der Waals surface area contributed by atoms with E-state index in [2.05, 4.69) is 21.3 Å². The highest BCUT2D eigenvalue weighted by Gasteiger charge is 2.35. The molecule has 1 aliphatic heterocycles. The van der Waals surface area contributed by atoms with Gasteiger partial charge in [0.15, 0.2) is 23.1 Å². The fourth-order valence-electron chi connectivity index (χ4n) is 7.89. The summed E-state index contributed by atoms with van der Waals surface area (Å²) in [5.74, 6) is -0.618. The van der Waals surface area contributed by atoms with Crippen LogP contribution in [-0.4, -0.2) is 102 Å². The molecule has 0 atom stereocenters. The lowest BCUT2D eigenvalue weighted by molar-refractivity contribution is 0.0979. The van der Waals surface area contributed by atoms with Gasteiger partial charge in [0.05, 0.1) is 22.3 Å². The van der Waals surface area contributed by atoms with Crippen molar-refractivity contribution in [3.05, 3.63) is 117 Å². The summed E-state index contributed by atoms with van der Waals surface area (Å²) in [5.41, 5.74) is 5.95. The fourth-order valence-corrected chi connectivity index (χ4v) is 7.89. The Morgan fingerprint density at radius 3 is 0.783 bits per heavy atom. The molecule has 2 aliphatic carbocycles. The smallest absolute Gasteiger partial charge is 0.198 e. The molecule has 0 fully saturated rings. The highest BCUT2D eigenvalue weighted by molar-refractivity contribution is 6.32. The van der Waals surface area contributed by atoms with Gasteiger partial charge in [-0.3, -0.25) is 19.2 Å². The maximum absolute atomic E-state index is 14.0. The summed E-state index contributed by atoms with van der Waals surface area (Å²) in [6, 6.07) is 21.6. The van der Waals surface area contributed by atoms with Crippen LogP contribution in [0.3, 0.4) is 0 Å². The van der Waals surface area contributed by atoms with Gasteiger partial charge in [0.25, 0.3) is 0 Å². The van der Waals surface area contributed by atoms with Gasteiger partial charge >= 0.3 is 0 Å². The Bertz CT molecular complexity index is 1860. The van der Waals surface area contributed by atoms with Crippen LogP contribution >= 0.6 is 0 Å². The Labute approximate surface area is 352 Å². The zero-order valence-electron chi connectivity index (χ0n) is 34.3. The van der Waals surface area contributed by atoms with Crippen molar-refractivity contribution in [2.24, 2.45) is 0 Å². The molecule has 0 aromatic heterocycles. The Balaban J connectivity index is 0.930. The minimum absolute atomic E-state index is 0.148. The summed E-state index contributed by atoms with van der Waals surface area (Å²) >= 11 is 0. The zero-order chi connectivity index (χ0) is 41.5. The van der Waals surface area contributed by atoms with Gasteiger partial charge in [0, 0.05) is 124 Å². The summed E-state index contributed by atoms with van der Waals surface area (Å²) in [7, 11) is 0. The van der Waals surface area contributed by atoms with Crippen LogP contribution in [0.15, 0.2) is 72.8 Å². The van der Waals surface area contributed by atoms with E-state index in [1.54, 1.807) is 24.3 Å². The van der Waals surface area contributed by atoms with Crippen molar-refractivity contribution in [3.63, 3.8) is 0 Å². The summed E-state index contributed by atoms with van der Waals surface area (Å²) in [5, 5.41) is 13.5. The highest BCUT2D eigenvalue weighted by atomic mass is 16.5. The van der Waals surface area contributed by atoms with Crippen molar-refractivity contribution < 1.29 is 38.1 Å². The number of hydrogen-bond donors (Lipinski definition) is 4. The maximum atomic E-state index is 14.0. The molecule has 0 amide bonds. The second kappa shape index (κ2) is 21.7. The van der Waals surface area contributed by atoms with E-state index >= 15 is 0 Å². The van der Waals surface area contributed by atoms with Crippen molar-refractivity contribution in [3.8, 4) is 0 Å². The molecular formula is C48H56N4O8. The lowest BCUT2D eigenvalue weighted by atomic mass is 9.82. The molecule has 0 saturated heterocycles. The molecule has 4 bridgehead atoms. The molecular weight excluding hydrogens is 761 g/mol. The van der Waals surface area contributed by atoms with Crippen molar-refractivity contribution in [1.29, 1.82) is 0 Å². The maximum Gasteiger partial charge on any atom is 0.198 e. The normalized spacial score (nSPS) is 18.4. The van der Waals surface area contributed by atoms with Crippen LogP contribution in [0.4, 0.5) is 22.7 Å². The topological polar surface area (TPSA) is 153 Å². The third-order valence-electron chi connectivity index (χ3n) is 10.9. The lowest BCUT2D eigenvalue weighted by Crippen LogP contribution is -2.24. The second-order valence-corrected chi connectivity index (χ2v) is 15.2. The molecule has 316 valence electrons. The van der Waals surface area contributed by atoms with E-state index in [-0.39, 0.29) is 23.1 Å². The lowest BCUT2D eigenvalue weighted by Gasteiger charge is -2.23. The van der Waals surface area contributed by atoms with Crippen molar-refractivity contribution in [2.75, 3.05) is 100 Å². The quantitative estimate of drug-likeness (QED) is 0.118. The average molecular weight is 817 g/mol. The molecule has 0 unspecified atom stereocenters. The van der Waals surface area contributed by atoms with E-state index in [0.29, 0.717) is 146 Å². The predicted octanol–water partition coefficient (Wildman–Crippen LogP) is 7.79. The number of carbonyl (C=O) groups excluding carboxylic acids is 4. The van der Waals surface area contributed by atoms with Crippen LogP contribution in [0.1, 0.15) is 115 Å². The molecule has 0 radical (unpaired) electrons. The molecule has 4 aromatic carbocycles. The number of ketones is 4. The van der Waals surface area contributed by atoms with Gasteiger partial charge in [-0.05, 0) is 75.6 Å². The second-order valence-electron chi connectivity index (χ2n) is 15.2. The number of anilines is 4. The largest absolute Gasteiger partial charge is 0.384 e. The third-order valence-corrected chi connectivity index (χ3v) is 10.9. The van der Waals surface area contributed by atoms with E-state index in [4.69, 9.17) is 18.9 Å². The molecule has 0 saturated carbocycles. The Morgan fingerprint density at radius 2 is 0.533 bits per heavy atom. The first-order chi connectivity index (χ1) is 29.5. The molecule has 60 heavy (non-hydrogen) atoms. The van der Waals surface area contributed by atoms with E-state index in [9.17, 15) is 19.2 Å². The minimum atomic E-state index is -0.161. The number of hydrogen-bond acceptors (Lipinski definition) is 12. The first kappa shape index (κ1) is 42.7. The number of ether oxygens (including phenoxy) is 4. The fraction of sp³-hybridized carbons (Fsp3) is 0.417. The monoisotopic (exact) mass is 816 g/mol. The van der Waals surface area contributed by atoms with E-state index in [0.717, 1.165) is 51.4 Å². The molecule has 7 rings (SSSR count). The molecule has 12 heteroatoms. The van der Waals surface area contributed by atoms with Gasteiger partial charge in [-0.2, -0.15) is 0 Å². The molecule has 12 nitrogen and oxygen atoms in total. The number of rotatable bonds is 0. The molecule has 3 aliphatic rings. The summed E-state index contributed by atoms with van der Waals surface area (Å²) in [6.07, 6.45) is 6.44. The van der Waals surface area contributed by atoms with Gasteiger partial charge in [0.2, 0.25) is 0 Å². The minimum Gasteiger partial charge on any atom is -0.384 e. The number of nitrogens with one attached hydrogen (secondary N) is 4. The Hall–Kier alpha value is -5.40. The van der Waals surface area contributed by atoms with Crippen LogP contribution in [-0.2, 0) is 18.9 Å². The van der Waals surface area contributed by atoms with Crippen LogP contribution < -0.4 is 21.3 Å². The van der Waals surface area contributed by atoms with E-state index in [1.807, 2.05) is 48.5 Å². The van der Waals surface area contributed by atoms with Crippen molar-refractivity contribution in [1.82, 2.24) is 0 Å². The van der Waals surface area contributed by atoms with Gasteiger partial charge in [-0.15, -0.1) is 0 Å². The molecule has 1 heterocycles. The molecule has 0 spiro atoms. The van der Waals surface area contributed by atoms with Gasteiger partial charge in [-0.25, -0.2) is 0 Å². The first-order valence-electron chi connectivity index (χ1n) is 21.5. The first-order valence-corrected chi connectivity index (χ1v) is 21.5. The summed E-state index contributed by atoms with van der Waals surface area (Å²) < 4.78 is 23.5. The zero-order valence-corrected chi connectivity index (χ0v) is 34.3. The van der Waals surface area contributed by atoms with E-state index in [1.165, 1.54) is 0 Å². The SMILES string of the molecule is O=C1c2cccc3c2C(=O)c2c(cccc21)NCCCOCCCCOCCCNc1cccc2c1C(=O)c1c(cccc1C2=O)NCCCOCCCCOCCCN3. The number of benzene rings is 4.